The predicted octanol–water partition coefficient (Wildman–Crippen LogP) is 2.42. The summed E-state index contributed by atoms with van der Waals surface area (Å²) in [5.74, 6) is 1.66. The zero-order chi connectivity index (χ0) is 22.4. The molecular formula is C20H22N4O6S. The van der Waals surface area contributed by atoms with E-state index >= 15 is 0 Å². The second-order valence-electron chi connectivity index (χ2n) is 6.14. The van der Waals surface area contributed by atoms with Crippen molar-refractivity contribution in [2.24, 2.45) is 5.10 Å². The van der Waals surface area contributed by atoms with Crippen LogP contribution in [0.4, 0.5) is 0 Å². The monoisotopic (exact) mass is 446 g/mol. The summed E-state index contributed by atoms with van der Waals surface area (Å²) in [7, 11) is 1.91. The highest BCUT2D eigenvalue weighted by Crippen LogP contribution is 2.32. The highest BCUT2D eigenvalue weighted by Gasteiger charge is 2.20. The number of rotatable bonds is 9. The van der Waals surface area contributed by atoms with Crippen molar-refractivity contribution in [3.63, 3.8) is 0 Å². The van der Waals surface area contributed by atoms with Crippen molar-refractivity contribution in [3.8, 4) is 34.3 Å². The third kappa shape index (κ3) is 4.72. The highest BCUT2D eigenvalue weighted by atomic mass is 32.2. The smallest absolute Gasteiger partial charge is 0.280 e. The normalized spacial score (nSPS) is 11.4. The number of ether oxygens (including phenoxy) is 4. The van der Waals surface area contributed by atoms with Crippen LogP contribution in [0.2, 0.25) is 0 Å². The van der Waals surface area contributed by atoms with E-state index in [1.807, 2.05) is 6.07 Å². The number of benzene rings is 2. The predicted molar refractivity (Wildman–Crippen MR) is 115 cm³/mol. The van der Waals surface area contributed by atoms with Crippen LogP contribution in [-0.2, 0) is 10.0 Å². The number of H-pyrrole nitrogens is 1. The van der Waals surface area contributed by atoms with Crippen LogP contribution in [0.15, 0.2) is 52.6 Å². The molecular weight excluding hydrogens is 424 g/mol. The molecule has 0 aliphatic rings. The molecule has 2 aromatic carbocycles. The number of methoxy groups -OCH3 is 4. The Morgan fingerprint density at radius 1 is 0.935 bits per heavy atom. The maximum atomic E-state index is 12.7. The van der Waals surface area contributed by atoms with Crippen molar-refractivity contribution in [2.75, 3.05) is 28.4 Å². The molecule has 31 heavy (non-hydrogen) atoms. The third-order valence-corrected chi connectivity index (χ3v) is 5.62. The van der Waals surface area contributed by atoms with E-state index in [4.69, 9.17) is 18.9 Å². The van der Waals surface area contributed by atoms with E-state index in [1.54, 1.807) is 32.4 Å². The van der Waals surface area contributed by atoms with E-state index < -0.39 is 10.0 Å². The van der Waals surface area contributed by atoms with Crippen LogP contribution in [0, 0.1) is 0 Å². The minimum Gasteiger partial charge on any atom is -0.497 e. The van der Waals surface area contributed by atoms with E-state index in [0.717, 1.165) is 5.56 Å². The van der Waals surface area contributed by atoms with Gasteiger partial charge in [-0.25, -0.2) is 0 Å². The van der Waals surface area contributed by atoms with Crippen molar-refractivity contribution in [1.82, 2.24) is 15.0 Å². The molecule has 3 rings (SSSR count). The van der Waals surface area contributed by atoms with Gasteiger partial charge in [0.05, 0.1) is 46.5 Å². The summed E-state index contributed by atoms with van der Waals surface area (Å²) in [6, 6.07) is 9.80. The molecule has 10 nitrogen and oxygen atoms in total. The molecule has 1 aromatic heterocycles. The first-order valence-electron chi connectivity index (χ1n) is 8.96. The Bertz CT molecular complexity index is 1190. The van der Waals surface area contributed by atoms with Crippen LogP contribution in [0.5, 0.6) is 23.0 Å². The Hall–Kier alpha value is -3.73. The van der Waals surface area contributed by atoms with Gasteiger partial charge in [-0.3, -0.25) is 5.10 Å². The molecule has 2 N–H and O–H groups in total. The Balaban J connectivity index is 1.86. The van der Waals surface area contributed by atoms with Crippen LogP contribution in [-0.4, -0.2) is 53.3 Å². The maximum absolute atomic E-state index is 12.7. The fourth-order valence-corrected chi connectivity index (χ4v) is 3.80. The number of hydrogen-bond donors (Lipinski definition) is 2. The lowest BCUT2D eigenvalue weighted by Crippen LogP contribution is -2.19. The van der Waals surface area contributed by atoms with E-state index in [-0.39, 0.29) is 10.6 Å². The van der Waals surface area contributed by atoms with Gasteiger partial charge in [-0.15, -0.1) is 0 Å². The molecule has 0 saturated carbocycles. The zero-order valence-corrected chi connectivity index (χ0v) is 18.2. The summed E-state index contributed by atoms with van der Waals surface area (Å²) in [6.45, 7) is 0. The lowest BCUT2D eigenvalue weighted by Gasteiger charge is -2.10. The largest absolute Gasteiger partial charge is 0.497 e. The molecule has 3 aromatic rings. The summed E-state index contributed by atoms with van der Waals surface area (Å²) in [5.41, 5.74) is 1.95. The lowest BCUT2D eigenvalue weighted by molar-refractivity contribution is 0.355. The number of nitrogens with one attached hydrogen (secondary N) is 2. The molecule has 0 saturated heterocycles. The first-order valence-corrected chi connectivity index (χ1v) is 10.4. The number of sulfonamides is 1. The molecule has 11 heteroatoms. The summed E-state index contributed by atoms with van der Waals surface area (Å²) < 4.78 is 46.2. The summed E-state index contributed by atoms with van der Waals surface area (Å²) >= 11 is 0. The van der Waals surface area contributed by atoms with Gasteiger partial charge in [-0.2, -0.15) is 23.4 Å². The number of nitrogens with zero attached hydrogens (tertiary/aromatic N) is 2. The SMILES string of the molecule is COc1ccc(OC)c(S(=O)(=O)N/N=C\c2cn[nH]c2-c2ccc(OC)c(OC)c2)c1. The Morgan fingerprint density at radius 2 is 1.65 bits per heavy atom. The molecule has 0 amide bonds. The molecule has 0 aliphatic heterocycles. The van der Waals surface area contributed by atoms with Crippen LogP contribution >= 0.6 is 0 Å². The van der Waals surface area contributed by atoms with Crippen LogP contribution in [0.25, 0.3) is 11.3 Å². The lowest BCUT2D eigenvalue weighted by atomic mass is 10.1. The van der Waals surface area contributed by atoms with Crippen molar-refractivity contribution < 1.29 is 27.4 Å². The second kappa shape index (κ2) is 9.39. The average molecular weight is 446 g/mol. The van der Waals surface area contributed by atoms with E-state index in [2.05, 4.69) is 20.1 Å². The zero-order valence-electron chi connectivity index (χ0n) is 17.4. The first-order chi connectivity index (χ1) is 14.9. The molecule has 0 atom stereocenters. The Kier molecular flexibility index (Phi) is 6.65. The van der Waals surface area contributed by atoms with E-state index in [0.29, 0.717) is 28.5 Å². The van der Waals surface area contributed by atoms with Gasteiger partial charge in [0.1, 0.15) is 16.4 Å². The van der Waals surface area contributed by atoms with Crippen LogP contribution in [0.1, 0.15) is 5.56 Å². The molecule has 0 bridgehead atoms. The van der Waals surface area contributed by atoms with Crippen molar-refractivity contribution in [1.29, 1.82) is 0 Å². The first kappa shape index (κ1) is 22.0. The molecule has 1 heterocycles. The quantitative estimate of drug-likeness (QED) is 0.382. The fourth-order valence-electron chi connectivity index (χ4n) is 2.82. The minimum atomic E-state index is -4.01. The fraction of sp³-hybridized carbons (Fsp3) is 0.200. The summed E-state index contributed by atoms with van der Waals surface area (Å²) in [6.07, 6.45) is 2.87. The number of aromatic amines is 1. The summed E-state index contributed by atoms with van der Waals surface area (Å²) in [4.78, 5) is 2.08. The Labute approximate surface area is 179 Å². The van der Waals surface area contributed by atoms with Gasteiger partial charge >= 0.3 is 0 Å². The number of hydrazone groups is 1. The average Bonchev–Trinajstić information content (AvgIpc) is 3.26. The van der Waals surface area contributed by atoms with Crippen LogP contribution in [0.3, 0.4) is 0 Å². The molecule has 0 fully saturated rings. The minimum absolute atomic E-state index is 0.0983. The summed E-state index contributed by atoms with van der Waals surface area (Å²) in [5, 5.41) is 10.8. The van der Waals surface area contributed by atoms with Gasteiger partial charge in [0.15, 0.2) is 11.5 Å². The van der Waals surface area contributed by atoms with Gasteiger partial charge < -0.3 is 18.9 Å². The van der Waals surface area contributed by atoms with Crippen molar-refractivity contribution >= 4 is 16.2 Å². The maximum Gasteiger partial charge on any atom is 0.280 e. The van der Waals surface area contributed by atoms with Crippen molar-refractivity contribution in [2.45, 2.75) is 4.90 Å². The van der Waals surface area contributed by atoms with Gasteiger partial charge in [0.2, 0.25) is 0 Å². The van der Waals surface area contributed by atoms with Crippen LogP contribution < -0.4 is 23.8 Å². The van der Waals surface area contributed by atoms with Gasteiger partial charge in [0.25, 0.3) is 10.0 Å². The third-order valence-electron chi connectivity index (χ3n) is 4.38. The Morgan fingerprint density at radius 3 is 2.32 bits per heavy atom. The van der Waals surface area contributed by atoms with Gasteiger partial charge in [-0.1, -0.05) is 0 Å². The number of hydrogen-bond acceptors (Lipinski definition) is 8. The molecule has 0 radical (unpaired) electrons. The number of aromatic nitrogens is 2. The molecule has 0 unspecified atom stereocenters. The molecule has 0 aliphatic carbocycles. The second-order valence-corrected chi connectivity index (χ2v) is 7.77. The molecule has 0 spiro atoms. The molecule has 164 valence electrons. The standard InChI is InChI=1S/C20H22N4O6S/c1-27-15-6-8-17(29-3)19(10-15)31(25,26)24-22-12-14-11-21-23-20(14)13-5-7-16(28-2)18(9-13)30-4/h5-12,24H,1-4H3,(H,21,23)/b22-12-. The van der Waals surface area contributed by atoms with Crippen molar-refractivity contribution in [3.05, 3.63) is 48.2 Å². The highest BCUT2D eigenvalue weighted by molar-refractivity contribution is 7.89. The van der Waals surface area contributed by atoms with E-state index in [9.17, 15) is 8.42 Å². The van der Waals surface area contributed by atoms with Gasteiger partial charge in [-0.05, 0) is 30.3 Å². The van der Waals surface area contributed by atoms with Gasteiger partial charge in [0, 0.05) is 17.2 Å². The van der Waals surface area contributed by atoms with E-state index in [1.165, 1.54) is 38.8 Å². The topological polar surface area (TPSA) is 124 Å².